The molecular weight excluding hydrogens is 306 g/mol. The van der Waals surface area contributed by atoms with Gasteiger partial charge in [-0.15, -0.1) is 10.2 Å². The molecule has 0 saturated heterocycles. The number of hydrogen-bond acceptors (Lipinski definition) is 4. The molecule has 24 heavy (non-hydrogen) atoms. The van der Waals surface area contributed by atoms with Crippen LogP contribution in [0, 0.1) is 0 Å². The standard InChI is InChI=1S/C17H19N5O2/c1-11(14-9-12-5-2-3-6-13(12)24-14)19-17(23)18-10-16-21-20-15-7-4-8-22(15)16/h2-3,5-6,9,11H,4,7-8,10H2,1H3,(H2,18,19,23)/t11-/m0/s1. The molecule has 2 amide bonds. The van der Waals surface area contributed by atoms with Crippen LogP contribution in [0.4, 0.5) is 4.79 Å². The number of rotatable bonds is 4. The van der Waals surface area contributed by atoms with Gasteiger partial charge in [0.15, 0.2) is 5.82 Å². The van der Waals surface area contributed by atoms with Gasteiger partial charge in [0, 0.05) is 18.4 Å². The van der Waals surface area contributed by atoms with E-state index in [1.54, 1.807) is 0 Å². The van der Waals surface area contributed by atoms with Crippen LogP contribution in [0.25, 0.3) is 11.0 Å². The molecule has 0 spiro atoms. The highest BCUT2D eigenvalue weighted by molar-refractivity contribution is 5.78. The lowest BCUT2D eigenvalue weighted by atomic mass is 10.2. The summed E-state index contributed by atoms with van der Waals surface area (Å²) >= 11 is 0. The van der Waals surface area contributed by atoms with Gasteiger partial charge in [-0.25, -0.2) is 4.79 Å². The summed E-state index contributed by atoms with van der Waals surface area (Å²) in [6.45, 7) is 3.19. The summed E-state index contributed by atoms with van der Waals surface area (Å²) in [5, 5.41) is 15.0. The van der Waals surface area contributed by atoms with Crippen LogP contribution in [0.15, 0.2) is 34.7 Å². The van der Waals surface area contributed by atoms with E-state index in [9.17, 15) is 4.79 Å². The second-order valence-electron chi connectivity index (χ2n) is 6.02. The summed E-state index contributed by atoms with van der Waals surface area (Å²) in [7, 11) is 0. The van der Waals surface area contributed by atoms with Crippen molar-refractivity contribution in [3.8, 4) is 0 Å². The van der Waals surface area contributed by atoms with Crippen LogP contribution < -0.4 is 10.6 Å². The summed E-state index contributed by atoms with van der Waals surface area (Å²) in [4.78, 5) is 12.1. The van der Waals surface area contributed by atoms with Gasteiger partial charge < -0.3 is 19.6 Å². The van der Waals surface area contributed by atoms with Crippen LogP contribution in [0.3, 0.4) is 0 Å². The minimum atomic E-state index is -0.252. The zero-order chi connectivity index (χ0) is 16.5. The maximum absolute atomic E-state index is 12.1. The molecule has 7 heteroatoms. The van der Waals surface area contributed by atoms with Crippen molar-refractivity contribution in [2.75, 3.05) is 0 Å². The molecule has 4 rings (SSSR count). The van der Waals surface area contributed by atoms with Crippen LogP contribution in [-0.4, -0.2) is 20.8 Å². The fraction of sp³-hybridized carbons (Fsp3) is 0.353. The van der Waals surface area contributed by atoms with E-state index in [0.717, 1.165) is 47.8 Å². The van der Waals surface area contributed by atoms with Crippen molar-refractivity contribution in [1.29, 1.82) is 0 Å². The van der Waals surface area contributed by atoms with Gasteiger partial charge in [-0.3, -0.25) is 0 Å². The number of urea groups is 1. The second-order valence-corrected chi connectivity index (χ2v) is 6.02. The lowest BCUT2D eigenvalue weighted by molar-refractivity contribution is 0.235. The molecule has 0 fully saturated rings. The van der Waals surface area contributed by atoms with Crippen molar-refractivity contribution < 1.29 is 9.21 Å². The summed E-state index contributed by atoms with van der Waals surface area (Å²) in [6, 6.07) is 9.27. The molecule has 1 atom stereocenters. The highest BCUT2D eigenvalue weighted by Crippen LogP contribution is 2.23. The second kappa shape index (κ2) is 5.99. The number of benzene rings is 1. The maximum Gasteiger partial charge on any atom is 0.315 e. The average Bonchev–Trinajstić information content (AvgIpc) is 3.28. The Bertz CT molecular complexity index is 849. The van der Waals surface area contributed by atoms with E-state index in [1.165, 1.54) is 0 Å². The predicted octanol–water partition coefficient (Wildman–Crippen LogP) is 2.53. The fourth-order valence-corrected chi connectivity index (χ4v) is 3.04. The first-order chi connectivity index (χ1) is 11.7. The molecule has 0 radical (unpaired) electrons. The summed E-state index contributed by atoms with van der Waals surface area (Å²) in [5.41, 5.74) is 0.820. The molecule has 3 heterocycles. The van der Waals surface area contributed by atoms with Gasteiger partial charge in [-0.1, -0.05) is 18.2 Å². The Morgan fingerprint density at radius 1 is 1.38 bits per heavy atom. The molecule has 0 bridgehead atoms. The van der Waals surface area contributed by atoms with E-state index in [0.29, 0.717) is 6.54 Å². The quantitative estimate of drug-likeness (QED) is 0.772. The van der Waals surface area contributed by atoms with E-state index >= 15 is 0 Å². The van der Waals surface area contributed by atoms with E-state index < -0.39 is 0 Å². The van der Waals surface area contributed by atoms with Crippen LogP contribution in [0.1, 0.15) is 36.8 Å². The Balaban J connectivity index is 1.36. The Labute approximate surface area is 139 Å². The molecule has 124 valence electrons. The normalized spacial score (nSPS) is 14.5. The molecule has 0 aliphatic carbocycles. The number of aryl methyl sites for hydroxylation is 1. The van der Waals surface area contributed by atoms with Crippen molar-refractivity contribution in [2.24, 2.45) is 0 Å². The lowest BCUT2D eigenvalue weighted by Gasteiger charge is -2.12. The molecule has 1 aliphatic heterocycles. The Morgan fingerprint density at radius 3 is 3.12 bits per heavy atom. The number of fused-ring (bicyclic) bond motifs is 2. The van der Waals surface area contributed by atoms with Gasteiger partial charge in [0.25, 0.3) is 0 Å². The minimum absolute atomic E-state index is 0.221. The van der Waals surface area contributed by atoms with Crippen molar-refractivity contribution in [2.45, 2.75) is 38.9 Å². The zero-order valence-electron chi connectivity index (χ0n) is 13.5. The molecule has 2 aromatic heterocycles. The third-order valence-electron chi connectivity index (χ3n) is 4.31. The number of carbonyl (C=O) groups is 1. The van der Waals surface area contributed by atoms with Crippen molar-refractivity contribution in [3.63, 3.8) is 0 Å². The van der Waals surface area contributed by atoms with Gasteiger partial charge in [0.05, 0.1) is 12.6 Å². The Kier molecular flexibility index (Phi) is 3.68. The Morgan fingerprint density at radius 2 is 2.25 bits per heavy atom. The van der Waals surface area contributed by atoms with E-state index in [-0.39, 0.29) is 12.1 Å². The van der Waals surface area contributed by atoms with Gasteiger partial charge in [-0.05, 0) is 25.5 Å². The van der Waals surface area contributed by atoms with Crippen LogP contribution >= 0.6 is 0 Å². The molecule has 1 aliphatic rings. The number of nitrogens with zero attached hydrogens (tertiary/aromatic N) is 3. The maximum atomic E-state index is 12.1. The average molecular weight is 325 g/mol. The van der Waals surface area contributed by atoms with Gasteiger partial charge in [0.1, 0.15) is 17.2 Å². The summed E-state index contributed by atoms with van der Waals surface area (Å²) in [5.74, 6) is 2.53. The molecule has 2 N–H and O–H groups in total. The van der Waals surface area contributed by atoms with E-state index in [4.69, 9.17) is 4.42 Å². The molecule has 3 aromatic rings. The van der Waals surface area contributed by atoms with Crippen molar-refractivity contribution >= 4 is 17.0 Å². The van der Waals surface area contributed by atoms with Crippen molar-refractivity contribution in [1.82, 2.24) is 25.4 Å². The van der Waals surface area contributed by atoms with Crippen molar-refractivity contribution in [3.05, 3.63) is 47.7 Å². The number of hydrogen-bond donors (Lipinski definition) is 2. The monoisotopic (exact) mass is 325 g/mol. The van der Waals surface area contributed by atoms with Crippen LogP contribution in [0.5, 0.6) is 0 Å². The molecule has 0 saturated carbocycles. The lowest BCUT2D eigenvalue weighted by Crippen LogP contribution is -2.37. The molecular formula is C17H19N5O2. The third kappa shape index (κ3) is 2.73. The van der Waals surface area contributed by atoms with Gasteiger partial charge in [0.2, 0.25) is 0 Å². The topological polar surface area (TPSA) is 85.0 Å². The number of carbonyl (C=O) groups excluding carboxylic acids is 1. The molecule has 1 aromatic carbocycles. The number of amides is 2. The first-order valence-corrected chi connectivity index (χ1v) is 8.14. The smallest absolute Gasteiger partial charge is 0.315 e. The molecule has 7 nitrogen and oxygen atoms in total. The number of para-hydroxylation sites is 1. The highest BCUT2D eigenvalue weighted by atomic mass is 16.3. The van der Waals surface area contributed by atoms with E-state index in [2.05, 4.69) is 25.4 Å². The minimum Gasteiger partial charge on any atom is -0.459 e. The number of nitrogens with one attached hydrogen (secondary N) is 2. The number of furan rings is 1. The third-order valence-corrected chi connectivity index (χ3v) is 4.31. The van der Waals surface area contributed by atoms with E-state index in [1.807, 2.05) is 37.3 Å². The first-order valence-electron chi connectivity index (χ1n) is 8.14. The summed E-state index contributed by atoms with van der Waals surface area (Å²) < 4.78 is 7.85. The first kappa shape index (κ1) is 14.7. The van der Waals surface area contributed by atoms with Crippen LogP contribution in [0.2, 0.25) is 0 Å². The fourth-order valence-electron chi connectivity index (χ4n) is 3.04. The SMILES string of the molecule is C[C@H](NC(=O)NCc1nnc2n1CCC2)c1cc2ccccc2o1. The van der Waals surface area contributed by atoms with Gasteiger partial charge >= 0.3 is 6.03 Å². The highest BCUT2D eigenvalue weighted by Gasteiger charge is 2.18. The summed E-state index contributed by atoms with van der Waals surface area (Å²) in [6.07, 6.45) is 2.05. The largest absolute Gasteiger partial charge is 0.459 e. The zero-order valence-corrected chi connectivity index (χ0v) is 13.5. The Hall–Kier alpha value is -2.83. The number of aromatic nitrogens is 3. The van der Waals surface area contributed by atoms with Crippen LogP contribution in [-0.2, 0) is 19.5 Å². The predicted molar refractivity (Wildman–Crippen MR) is 88.3 cm³/mol. The van der Waals surface area contributed by atoms with Gasteiger partial charge in [-0.2, -0.15) is 0 Å². The molecule has 0 unspecified atom stereocenters.